The predicted octanol–water partition coefficient (Wildman–Crippen LogP) is 8.26. The Kier molecular flexibility index (Phi) is 12.1. The van der Waals surface area contributed by atoms with Gasteiger partial charge in [-0.25, -0.2) is 4.98 Å². The molecule has 1 aliphatic heterocycles. The summed E-state index contributed by atoms with van der Waals surface area (Å²) in [5.41, 5.74) is 3.41. The van der Waals surface area contributed by atoms with Crippen LogP contribution in [0.5, 0.6) is 17.6 Å². The van der Waals surface area contributed by atoms with Crippen molar-refractivity contribution in [1.82, 2.24) is 30.9 Å². The average Bonchev–Trinajstić information content (AvgIpc) is 3.77. The highest BCUT2D eigenvalue weighted by Gasteiger charge is 2.50. The zero-order valence-corrected chi connectivity index (χ0v) is 34.4. The summed E-state index contributed by atoms with van der Waals surface area (Å²) < 4.78 is 62.2. The number of nitrogens with one attached hydrogen (secondary N) is 3. The van der Waals surface area contributed by atoms with Gasteiger partial charge < -0.3 is 30.0 Å². The van der Waals surface area contributed by atoms with Crippen LogP contribution in [-0.2, 0) is 41.9 Å². The molecule has 17 heteroatoms. The first-order chi connectivity index (χ1) is 29.3. The Bertz CT molecular complexity index is 2490. The van der Waals surface area contributed by atoms with E-state index in [0.717, 1.165) is 29.2 Å². The number of hydrogen-bond acceptors (Lipinski definition) is 10. The third kappa shape index (κ3) is 9.25. The van der Waals surface area contributed by atoms with Gasteiger partial charge in [0.15, 0.2) is 0 Å². The zero-order valence-electron chi connectivity index (χ0n) is 32.9. The lowest BCUT2D eigenvalue weighted by Crippen LogP contribution is -2.38. The van der Waals surface area contributed by atoms with Crippen LogP contribution in [0.4, 0.5) is 13.2 Å². The van der Waals surface area contributed by atoms with Crippen LogP contribution in [0, 0.1) is 0 Å². The van der Waals surface area contributed by atoms with Gasteiger partial charge in [-0.3, -0.25) is 19.9 Å². The molecule has 2 aliphatic carbocycles. The molecule has 0 spiro atoms. The molecule has 0 bridgehead atoms. The van der Waals surface area contributed by atoms with Gasteiger partial charge in [-0.15, -0.1) is 0 Å². The number of carbonyl (C=O) groups is 2. The molecule has 1 amide bonds. The van der Waals surface area contributed by atoms with Gasteiger partial charge in [0.05, 0.1) is 22.8 Å². The number of halogens is 5. The number of carboxylic acid groups (broad SMARTS) is 1. The topological polar surface area (TPSA) is 157 Å². The molecule has 12 nitrogen and oxygen atoms in total. The Morgan fingerprint density at radius 3 is 2.44 bits per heavy atom. The first-order valence-electron chi connectivity index (χ1n) is 19.8. The number of ether oxygens (including phenoxy) is 3. The summed E-state index contributed by atoms with van der Waals surface area (Å²) in [5.74, 6) is -1.41. The number of methoxy groups -OCH3 is 1. The average molecular weight is 878 g/mol. The predicted molar refractivity (Wildman–Crippen MR) is 220 cm³/mol. The molecule has 5 aromatic rings. The van der Waals surface area contributed by atoms with Crippen LogP contribution < -0.4 is 30.2 Å². The van der Waals surface area contributed by atoms with Crippen molar-refractivity contribution >= 4 is 35.1 Å². The summed E-state index contributed by atoms with van der Waals surface area (Å²) in [6.45, 7) is 0.744. The van der Waals surface area contributed by atoms with Gasteiger partial charge in [-0.05, 0) is 67.0 Å². The smallest absolute Gasteiger partial charge is 0.421 e. The standard InChI is InChI=1S/C44H41Cl2F3N6O6/c1-59-39-25(19-51-22-28-9-13-37(56)53-28)8-11-35(54-39)33-7-3-6-32(38(33)46)29-4-2-5-31-30(29)10-12-36(31)61-41-34(44(47,48)49)17-26(20-52-43(14-15-43)42(57)58)40(55-41)60-23-24-16-27(45)21-50-18-24/h2-8,11,16-18,21,28,36,51-52H,9-10,12-15,19-20,22-23H2,1H3,(H,53,56)(H,57,58)/t28-,36-/m0/s1. The molecule has 318 valence electrons. The number of aliphatic carboxylic acids is 1. The highest BCUT2D eigenvalue weighted by molar-refractivity contribution is 6.36. The van der Waals surface area contributed by atoms with Crippen molar-refractivity contribution in [2.24, 2.45) is 0 Å². The van der Waals surface area contributed by atoms with Gasteiger partial charge >= 0.3 is 12.1 Å². The van der Waals surface area contributed by atoms with Crippen molar-refractivity contribution < 1.29 is 42.1 Å². The maximum atomic E-state index is 14.8. The van der Waals surface area contributed by atoms with Gasteiger partial charge in [0.1, 0.15) is 23.8 Å². The molecule has 2 atom stereocenters. The number of carboxylic acids is 1. The Morgan fingerprint density at radius 2 is 1.72 bits per heavy atom. The van der Waals surface area contributed by atoms with Gasteiger partial charge in [0.2, 0.25) is 23.5 Å². The van der Waals surface area contributed by atoms with E-state index >= 15 is 0 Å². The van der Waals surface area contributed by atoms with E-state index in [1.165, 1.54) is 12.4 Å². The van der Waals surface area contributed by atoms with E-state index < -0.39 is 35.2 Å². The Hall–Kier alpha value is -5.48. The van der Waals surface area contributed by atoms with Gasteiger partial charge in [0, 0.05) is 72.3 Å². The van der Waals surface area contributed by atoms with E-state index in [1.54, 1.807) is 13.2 Å². The minimum Gasteiger partial charge on any atom is -0.481 e. The lowest BCUT2D eigenvalue weighted by atomic mass is 9.94. The molecule has 0 radical (unpaired) electrons. The number of pyridine rings is 3. The van der Waals surface area contributed by atoms with Crippen LogP contribution in [0.2, 0.25) is 10.0 Å². The lowest BCUT2D eigenvalue weighted by molar-refractivity contribution is -0.141. The Labute approximate surface area is 359 Å². The number of hydrogen-bond donors (Lipinski definition) is 4. The maximum absolute atomic E-state index is 14.8. The van der Waals surface area contributed by atoms with Crippen LogP contribution in [0.25, 0.3) is 22.4 Å². The van der Waals surface area contributed by atoms with Gasteiger partial charge in [0.25, 0.3) is 0 Å². The third-order valence-corrected chi connectivity index (χ3v) is 11.8. The molecule has 3 aromatic heterocycles. The number of carbonyl (C=O) groups excluding carboxylic acids is 1. The number of rotatable bonds is 16. The van der Waals surface area contributed by atoms with E-state index in [2.05, 4.69) is 25.9 Å². The molecule has 4 N–H and O–H groups in total. The van der Waals surface area contributed by atoms with Crippen LogP contribution in [-0.4, -0.2) is 57.2 Å². The number of fused-ring (bicyclic) bond motifs is 1. The van der Waals surface area contributed by atoms with Crippen molar-refractivity contribution in [1.29, 1.82) is 0 Å². The fraction of sp³-hybridized carbons (Fsp3) is 0.341. The van der Waals surface area contributed by atoms with Crippen LogP contribution in [0.15, 0.2) is 73.1 Å². The first-order valence-corrected chi connectivity index (χ1v) is 20.5. The summed E-state index contributed by atoms with van der Waals surface area (Å²) in [4.78, 5) is 36.6. The minimum absolute atomic E-state index is 0.0137. The quantitative estimate of drug-likeness (QED) is 0.0757. The summed E-state index contributed by atoms with van der Waals surface area (Å²) in [5, 5.41) is 19.7. The van der Waals surface area contributed by atoms with Crippen molar-refractivity contribution in [3.8, 4) is 40.0 Å². The molecule has 1 saturated carbocycles. The van der Waals surface area contributed by atoms with Crippen LogP contribution in [0.3, 0.4) is 0 Å². The summed E-state index contributed by atoms with van der Waals surface area (Å²) in [7, 11) is 1.55. The zero-order chi connectivity index (χ0) is 42.9. The van der Waals surface area contributed by atoms with Crippen LogP contribution >= 0.6 is 23.2 Å². The van der Waals surface area contributed by atoms with Crippen molar-refractivity contribution in [2.45, 2.75) is 82.1 Å². The van der Waals surface area contributed by atoms with E-state index in [1.807, 2.05) is 48.5 Å². The molecule has 2 aromatic carbocycles. The van der Waals surface area contributed by atoms with E-state index in [9.17, 15) is 27.9 Å². The van der Waals surface area contributed by atoms with Crippen molar-refractivity contribution in [3.63, 3.8) is 0 Å². The third-order valence-electron chi connectivity index (χ3n) is 11.2. The van der Waals surface area contributed by atoms with E-state index in [-0.39, 0.29) is 36.5 Å². The molecular weight excluding hydrogens is 836 g/mol. The summed E-state index contributed by atoms with van der Waals surface area (Å²) >= 11 is 13.3. The summed E-state index contributed by atoms with van der Waals surface area (Å²) in [6, 6.07) is 17.6. The Morgan fingerprint density at radius 1 is 0.934 bits per heavy atom. The number of nitrogens with zero attached hydrogens (tertiary/aromatic N) is 3. The van der Waals surface area contributed by atoms with E-state index in [0.29, 0.717) is 89.1 Å². The van der Waals surface area contributed by atoms with Crippen LogP contribution in [0.1, 0.15) is 71.6 Å². The molecule has 61 heavy (non-hydrogen) atoms. The van der Waals surface area contributed by atoms with E-state index in [4.69, 9.17) is 42.4 Å². The van der Waals surface area contributed by atoms with Crippen molar-refractivity contribution in [3.05, 3.63) is 116 Å². The van der Waals surface area contributed by atoms with Gasteiger partial charge in [-0.2, -0.15) is 18.2 Å². The van der Waals surface area contributed by atoms with Gasteiger partial charge in [-0.1, -0.05) is 65.7 Å². The second kappa shape index (κ2) is 17.5. The monoisotopic (exact) mass is 876 g/mol. The first kappa shape index (κ1) is 42.2. The molecule has 1 saturated heterocycles. The molecular formula is C44H41Cl2F3N6O6. The molecule has 2 fully saturated rings. The Balaban J connectivity index is 1.06. The molecule has 8 rings (SSSR count). The fourth-order valence-electron chi connectivity index (χ4n) is 7.81. The minimum atomic E-state index is -4.87. The SMILES string of the molecule is COc1nc(-c2cccc(-c3cccc4c3CC[C@@H]4Oc3nc(OCc4cncc(Cl)c4)c(CNC4(C(=O)O)CC4)cc3C(F)(F)F)c2Cl)ccc1CNC[C@@H]1CCC(=O)N1. The second-order valence-corrected chi connectivity index (χ2v) is 16.1. The highest BCUT2D eigenvalue weighted by Crippen LogP contribution is 2.46. The number of benzene rings is 2. The fourth-order valence-corrected chi connectivity index (χ4v) is 8.34. The maximum Gasteiger partial charge on any atom is 0.421 e. The highest BCUT2D eigenvalue weighted by atomic mass is 35.5. The summed E-state index contributed by atoms with van der Waals surface area (Å²) in [6.07, 6.45) is 0.131. The number of aromatic nitrogens is 3. The second-order valence-electron chi connectivity index (χ2n) is 15.3. The lowest BCUT2D eigenvalue weighted by Gasteiger charge is -2.22. The molecule has 0 unspecified atom stereocenters. The largest absolute Gasteiger partial charge is 0.481 e. The number of amides is 1. The number of alkyl halides is 3. The van der Waals surface area contributed by atoms with Crippen molar-refractivity contribution in [2.75, 3.05) is 13.7 Å². The normalized spacial score (nSPS) is 17.8. The molecule has 3 aliphatic rings. The molecule has 4 heterocycles.